The van der Waals surface area contributed by atoms with E-state index in [1.165, 1.54) is 26.7 Å². The molecule has 0 aromatic heterocycles. The molecule has 2 aliphatic rings. The summed E-state index contributed by atoms with van der Waals surface area (Å²) in [5.41, 5.74) is 10.8. The Morgan fingerprint density at radius 1 is 0.483 bits per heavy atom. The lowest BCUT2D eigenvalue weighted by atomic mass is 10.0. The summed E-state index contributed by atoms with van der Waals surface area (Å²) >= 11 is 1.82. The topological polar surface area (TPSA) is 414 Å². The van der Waals surface area contributed by atoms with E-state index in [-0.39, 0.29) is 174 Å². The quantitative estimate of drug-likeness (QED) is 0.0296. The Morgan fingerprint density at radius 2 is 0.933 bits per heavy atom. The Hall–Kier alpha value is -5.85. The Morgan fingerprint density at radius 3 is 1.39 bits per heavy atom. The van der Waals surface area contributed by atoms with Gasteiger partial charge >= 0.3 is 6.03 Å². The van der Waals surface area contributed by atoms with E-state index >= 15 is 0 Å². The van der Waals surface area contributed by atoms with E-state index in [0.29, 0.717) is 90.3 Å². The molecule has 2 saturated heterocycles. The second-order valence-electron chi connectivity index (χ2n) is 21.9. The number of carbonyl (C=O) groups excluding carboxylic acids is 12. The van der Waals surface area contributed by atoms with Gasteiger partial charge in [-0.25, -0.2) is 4.79 Å². The van der Waals surface area contributed by atoms with Crippen molar-refractivity contribution in [3.63, 3.8) is 0 Å². The Labute approximate surface area is 531 Å². The van der Waals surface area contributed by atoms with Gasteiger partial charge in [0.1, 0.15) is 36.6 Å². The fourth-order valence-corrected chi connectivity index (χ4v) is 10.1. The molecular formula is C60H110N12O16S. The number of urea groups is 1. The highest BCUT2D eigenvalue weighted by Crippen LogP contribution is 2.33. The second-order valence-corrected chi connectivity index (χ2v) is 23.1. The highest BCUT2D eigenvalue weighted by molar-refractivity contribution is 8.00. The van der Waals surface area contributed by atoms with Crippen molar-refractivity contribution in [1.29, 1.82) is 0 Å². The van der Waals surface area contributed by atoms with Crippen molar-refractivity contribution in [2.24, 2.45) is 11.5 Å². The van der Waals surface area contributed by atoms with E-state index < -0.39 is 29.9 Å². The van der Waals surface area contributed by atoms with Crippen molar-refractivity contribution in [3.8, 4) is 0 Å². The van der Waals surface area contributed by atoms with Crippen LogP contribution in [0.3, 0.4) is 0 Å². The molecule has 512 valence electrons. The molecule has 2 aliphatic heterocycles. The van der Waals surface area contributed by atoms with Crippen LogP contribution in [0.25, 0.3) is 0 Å². The lowest BCUT2D eigenvalue weighted by Crippen LogP contribution is -2.47. The molecule has 0 radical (unpaired) electrons. The average Bonchev–Trinajstić information content (AvgIpc) is 2.01. The summed E-state index contributed by atoms with van der Waals surface area (Å²) < 4.78 is 21.4. The van der Waals surface area contributed by atoms with Crippen LogP contribution < -0.4 is 64.6 Å². The largest absolute Gasteiger partial charge is 0.377 e. The Kier molecular flexibility index (Phi) is 51.4. The van der Waals surface area contributed by atoms with E-state index in [1.54, 1.807) is 6.92 Å². The van der Waals surface area contributed by atoms with Crippen LogP contribution in [0.2, 0.25) is 0 Å². The van der Waals surface area contributed by atoms with E-state index in [4.69, 9.17) is 30.4 Å². The second kappa shape index (κ2) is 55.0. The summed E-state index contributed by atoms with van der Waals surface area (Å²) in [6.45, 7) is 13.4. The molecule has 0 aromatic carbocycles. The SMILES string of the molecule is CC(=O)CN[C@@H](CCCCNC(=O)COCCOCCNC(=O)COCCOCCNC(=O)CCCC(=O)NCCCC[C@H](NC(=O)CCCC[C@@H]1SC[C@@H]2NC(=O)N[C@@H]21)C(=O)NCCCC[C@H](NCC(C)=O)C(N)=O)C(N)=O.CCCC.CCCC(C)=O. The standard InChI is InChI=1S/C51H90N12O15S.C5H10O.C4H10/c1-35(64)30-59-37(48(52)71)12-5-8-20-55-45(69)32-77-28-27-76-25-23-57-46(70)33-78-29-26-75-24-22-56-43(67)18-11-17-42(66)54-19-9-7-14-39(50(73)58-21-10-6-13-38(49(53)72)60-31-36(2)65)61-44(68)16-4-3-15-41-47-40(34-79-41)62-51(74)63-47;1-3-4-5(2)6;1-3-4-2/h37-41,47,59-60H,3-34H2,1-2H3,(H2,52,71)(H2,53,72)(H,54,66)(H,55,69)(H,56,67)(H,57,70)(H,58,73)(H,61,68)(H2,62,63,74);3-4H2,1-2H3;3-4H2,1-2H3/t37-,38-,39-,40-,41-,47-;;/m0../s1. The molecule has 0 saturated carbocycles. The van der Waals surface area contributed by atoms with Gasteiger partial charge < -0.3 is 77.7 Å². The van der Waals surface area contributed by atoms with Crippen LogP contribution in [0, 0.1) is 0 Å². The van der Waals surface area contributed by atoms with Crippen molar-refractivity contribution < 1.29 is 76.5 Å². The van der Waals surface area contributed by atoms with Gasteiger partial charge in [0.05, 0.1) is 76.9 Å². The van der Waals surface area contributed by atoms with Crippen molar-refractivity contribution in [2.75, 3.05) is 104 Å². The predicted molar refractivity (Wildman–Crippen MR) is 339 cm³/mol. The first-order valence-corrected chi connectivity index (χ1v) is 32.9. The maximum absolute atomic E-state index is 13.3. The highest BCUT2D eigenvalue weighted by atomic mass is 32.2. The number of thioether (sulfide) groups is 1. The number of amides is 10. The Balaban J connectivity index is 0.00000712. The summed E-state index contributed by atoms with van der Waals surface area (Å²) in [5.74, 6) is -1.80. The number of nitrogens with two attached hydrogens (primary N) is 2. The zero-order valence-corrected chi connectivity index (χ0v) is 54.8. The lowest BCUT2D eigenvalue weighted by molar-refractivity contribution is -0.129. The molecule has 28 nitrogen and oxygen atoms in total. The van der Waals surface area contributed by atoms with E-state index in [1.807, 2.05) is 18.7 Å². The number of primary amides is 2. The van der Waals surface area contributed by atoms with Gasteiger partial charge in [0, 0.05) is 69.4 Å². The van der Waals surface area contributed by atoms with Gasteiger partial charge in [-0.3, -0.25) is 58.6 Å². The van der Waals surface area contributed by atoms with Crippen LogP contribution in [0.15, 0.2) is 0 Å². The molecule has 0 aromatic rings. The van der Waals surface area contributed by atoms with Crippen molar-refractivity contribution in [3.05, 3.63) is 0 Å². The number of carbonyl (C=O) groups is 12. The number of nitrogens with one attached hydrogen (secondary N) is 10. The van der Waals surface area contributed by atoms with Crippen LogP contribution in [-0.2, 0) is 71.7 Å². The fraction of sp³-hybridized carbons (Fsp3) is 0.800. The van der Waals surface area contributed by atoms with Crippen LogP contribution in [0.1, 0.15) is 170 Å². The lowest BCUT2D eigenvalue weighted by Gasteiger charge is -2.19. The van der Waals surface area contributed by atoms with Gasteiger partial charge in [-0.2, -0.15) is 11.8 Å². The van der Waals surface area contributed by atoms with Gasteiger partial charge in [-0.15, -0.1) is 0 Å². The first-order chi connectivity index (χ1) is 42.6. The van der Waals surface area contributed by atoms with Gasteiger partial charge in [0.15, 0.2) is 0 Å². The number of Topliss-reactive ketones (excluding diaryl/α,β-unsaturated/α-hetero) is 3. The summed E-state index contributed by atoms with van der Waals surface area (Å²) in [4.78, 5) is 142. The maximum atomic E-state index is 13.3. The van der Waals surface area contributed by atoms with Gasteiger partial charge in [0.2, 0.25) is 47.3 Å². The minimum absolute atomic E-state index is 0.0315. The summed E-state index contributed by atoms with van der Waals surface area (Å²) in [5, 5.41) is 28.6. The van der Waals surface area contributed by atoms with Crippen molar-refractivity contribution in [1.82, 2.24) is 53.2 Å². The molecule has 2 fully saturated rings. The summed E-state index contributed by atoms with van der Waals surface area (Å²) in [6, 6.07) is -1.97. The third-order valence-corrected chi connectivity index (χ3v) is 15.1. The third-order valence-electron chi connectivity index (χ3n) is 13.6. The first kappa shape index (κ1) is 83.2. The number of rotatable bonds is 53. The molecule has 0 aliphatic carbocycles. The number of fused-ring (bicyclic) bond motifs is 1. The summed E-state index contributed by atoms with van der Waals surface area (Å²) in [7, 11) is 0. The zero-order valence-electron chi connectivity index (χ0n) is 54.0. The van der Waals surface area contributed by atoms with Gasteiger partial charge in [-0.1, -0.05) is 40.0 Å². The van der Waals surface area contributed by atoms with Gasteiger partial charge in [-0.05, 0) is 104 Å². The number of hydrogen-bond donors (Lipinski definition) is 12. The average molecular weight is 1290 g/mol. The number of ether oxygens (including phenoxy) is 4. The number of unbranched alkanes of at least 4 members (excludes halogenated alkanes) is 5. The molecule has 89 heavy (non-hydrogen) atoms. The molecule has 0 unspecified atom stereocenters. The zero-order chi connectivity index (χ0) is 66.5. The van der Waals surface area contributed by atoms with Crippen molar-refractivity contribution >= 4 is 82.4 Å². The normalized spacial score (nSPS) is 15.6. The smallest absolute Gasteiger partial charge is 0.315 e. The molecule has 14 N–H and O–H groups in total. The number of hydrogen-bond acceptors (Lipinski definition) is 19. The van der Waals surface area contributed by atoms with E-state index in [0.717, 1.165) is 31.4 Å². The van der Waals surface area contributed by atoms with Crippen molar-refractivity contribution in [2.45, 2.75) is 205 Å². The van der Waals surface area contributed by atoms with E-state index in [9.17, 15) is 57.5 Å². The van der Waals surface area contributed by atoms with Crippen LogP contribution >= 0.6 is 11.8 Å². The van der Waals surface area contributed by atoms with E-state index in [2.05, 4.69) is 67.0 Å². The fourth-order valence-electron chi connectivity index (χ4n) is 8.58. The molecule has 0 spiro atoms. The minimum atomic E-state index is -0.790. The Bertz CT molecular complexity index is 2080. The molecule has 2 rings (SSSR count). The summed E-state index contributed by atoms with van der Waals surface area (Å²) in [6.07, 6.45) is 12.2. The van der Waals surface area contributed by atoms with Crippen LogP contribution in [0.5, 0.6) is 0 Å². The molecule has 2 heterocycles. The van der Waals surface area contributed by atoms with Gasteiger partial charge in [0.25, 0.3) is 0 Å². The third kappa shape index (κ3) is 48.7. The molecule has 10 amide bonds. The maximum Gasteiger partial charge on any atom is 0.315 e. The first-order valence-electron chi connectivity index (χ1n) is 31.8. The molecule has 29 heteroatoms. The highest BCUT2D eigenvalue weighted by Gasteiger charge is 2.42. The molecule has 6 atom stereocenters. The monoisotopic (exact) mass is 1290 g/mol. The van der Waals surface area contributed by atoms with Crippen LogP contribution in [0.4, 0.5) is 4.79 Å². The van der Waals surface area contributed by atoms with Crippen LogP contribution in [-0.4, -0.2) is 211 Å². The molecule has 0 bridgehead atoms. The number of ketones is 3. The predicted octanol–water partition coefficient (Wildman–Crippen LogP) is 0.772. The minimum Gasteiger partial charge on any atom is -0.377 e. The molecular weight excluding hydrogens is 1180 g/mol.